The lowest BCUT2D eigenvalue weighted by Gasteiger charge is -2.11. The van der Waals surface area contributed by atoms with Crippen LogP contribution in [0.25, 0.3) is 5.82 Å². The van der Waals surface area contributed by atoms with E-state index in [1.807, 2.05) is 0 Å². The van der Waals surface area contributed by atoms with Crippen LogP contribution < -0.4 is 10.5 Å². The summed E-state index contributed by atoms with van der Waals surface area (Å²) in [7, 11) is 1.15. The first-order valence-corrected chi connectivity index (χ1v) is 4.96. The molecular formula is C10H8F4N4O. The number of aromatic nitrogens is 3. The molecular weight excluding hydrogens is 268 g/mol. The van der Waals surface area contributed by atoms with Crippen LogP contribution in [0.2, 0.25) is 0 Å². The van der Waals surface area contributed by atoms with Gasteiger partial charge in [0.2, 0.25) is 0 Å². The lowest BCUT2D eigenvalue weighted by molar-refractivity contribution is -0.142. The number of nitrogens with two attached hydrogens (primary N) is 1. The molecule has 0 aliphatic carbocycles. The Kier molecular flexibility index (Phi) is 3.05. The zero-order valence-corrected chi connectivity index (χ0v) is 9.57. The summed E-state index contributed by atoms with van der Waals surface area (Å²) in [4.78, 5) is 3.60. The maximum atomic E-state index is 13.2. The van der Waals surface area contributed by atoms with Crippen LogP contribution in [-0.4, -0.2) is 21.9 Å². The lowest BCUT2D eigenvalue weighted by Crippen LogP contribution is -2.16. The third kappa shape index (κ3) is 2.30. The average Bonchev–Trinajstić information content (AvgIpc) is 2.71. The van der Waals surface area contributed by atoms with Crippen LogP contribution >= 0.6 is 0 Å². The molecule has 0 fully saturated rings. The average molecular weight is 276 g/mol. The Balaban J connectivity index is 2.60. The molecule has 2 aromatic rings. The van der Waals surface area contributed by atoms with Gasteiger partial charge < -0.3 is 10.5 Å². The molecule has 102 valence electrons. The van der Waals surface area contributed by atoms with Crippen LogP contribution in [0.15, 0.2) is 18.3 Å². The third-order valence-electron chi connectivity index (χ3n) is 2.28. The normalized spacial score (nSPS) is 11.6. The molecule has 2 rings (SSSR count). The van der Waals surface area contributed by atoms with E-state index in [9.17, 15) is 17.6 Å². The topological polar surface area (TPSA) is 66.0 Å². The van der Waals surface area contributed by atoms with Crippen molar-refractivity contribution in [1.82, 2.24) is 14.8 Å². The summed E-state index contributed by atoms with van der Waals surface area (Å²) in [6.45, 7) is 0. The van der Waals surface area contributed by atoms with E-state index in [4.69, 9.17) is 5.73 Å². The van der Waals surface area contributed by atoms with Gasteiger partial charge in [0.05, 0.1) is 19.0 Å². The summed E-state index contributed by atoms with van der Waals surface area (Å²) in [5.74, 6) is -1.47. The number of methoxy groups -OCH3 is 1. The second-order valence-electron chi connectivity index (χ2n) is 3.52. The molecule has 19 heavy (non-hydrogen) atoms. The molecule has 0 atom stereocenters. The number of hydrogen-bond acceptors (Lipinski definition) is 4. The van der Waals surface area contributed by atoms with Gasteiger partial charge in [0.1, 0.15) is 0 Å². The molecule has 0 aromatic carbocycles. The Bertz CT molecular complexity index is 608. The van der Waals surface area contributed by atoms with Crippen LogP contribution in [0.1, 0.15) is 5.69 Å². The van der Waals surface area contributed by atoms with Crippen molar-refractivity contribution in [1.29, 1.82) is 0 Å². The zero-order chi connectivity index (χ0) is 14.2. The van der Waals surface area contributed by atoms with Gasteiger partial charge in [-0.05, 0) is 12.1 Å². The standard InChI is InChI=1S/C10H8F4N4O/c1-19-9-5(11)2-3-7(17-9)18-8(10(12,13)14)6(15)4-16-18/h2-4H,15H2,1H3. The van der Waals surface area contributed by atoms with Crippen LogP contribution in [0.3, 0.4) is 0 Å². The Morgan fingerprint density at radius 3 is 2.58 bits per heavy atom. The number of nitrogen functional groups attached to an aromatic ring is 1. The first kappa shape index (κ1) is 13.1. The molecule has 0 aliphatic rings. The van der Waals surface area contributed by atoms with Gasteiger partial charge in [0.25, 0.3) is 5.88 Å². The maximum Gasteiger partial charge on any atom is 0.435 e. The number of ether oxygens (including phenoxy) is 1. The Hall–Kier alpha value is -2.32. The van der Waals surface area contributed by atoms with Gasteiger partial charge in [0.15, 0.2) is 17.3 Å². The number of halogens is 4. The van der Waals surface area contributed by atoms with Crippen molar-refractivity contribution in [2.75, 3.05) is 12.8 Å². The van der Waals surface area contributed by atoms with Crippen molar-refractivity contribution in [2.45, 2.75) is 6.18 Å². The minimum atomic E-state index is -4.70. The second-order valence-corrected chi connectivity index (χ2v) is 3.52. The van der Waals surface area contributed by atoms with E-state index in [2.05, 4.69) is 14.8 Å². The molecule has 2 heterocycles. The minimum absolute atomic E-state index is 0.248. The fourth-order valence-electron chi connectivity index (χ4n) is 1.49. The molecule has 0 radical (unpaired) electrons. The summed E-state index contributed by atoms with van der Waals surface area (Å²) in [6, 6.07) is 1.97. The molecule has 5 nitrogen and oxygen atoms in total. The van der Waals surface area contributed by atoms with Crippen LogP contribution in [0, 0.1) is 5.82 Å². The van der Waals surface area contributed by atoms with Gasteiger partial charge >= 0.3 is 6.18 Å². The second kappa shape index (κ2) is 4.41. The minimum Gasteiger partial charge on any atom is -0.479 e. The predicted molar refractivity (Wildman–Crippen MR) is 57.3 cm³/mol. The molecule has 2 N–H and O–H groups in total. The van der Waals surface area contributed by atoms with Gasteiger partial charge in [-0.2, -0.15) is 23.3 Å². The van der Waals surface area contributed by atoms with E-state index in [1.165, 1.54) is 0 Å². The molecule has 0 unspecified atom stereocenters. The van der Waals surface area contributed by atoms with Crippen molar-refractivity contribution in [3.05, 3.63) is 29.8 Å². The molecule has 0 saturated carbocycles. The number of alkyl halides is 3. The number of nitrogens with zero attached hydrogens (tertiary/aromatic N) is 3. The summed E-state index contributed by atoms with van der Waals surface area (Å²) in [5, 5.41) is 3.49. The van der Waals surface area contributed by atoms with E-state index in [1.54, 1.807) is 0 Å². The van der Waals surface area contributed by atoms with Gasteiger partial charge in [-0.25, -0.2) is 9.07 Å². The van der Waals surface area contributed by atoms with Crippen molar-refractivity contribution < 1.29 is 22.3 Å². The van der Waals surface area contributed by atoms with Crippen molar-refractivity contribution in [2.24, 2.45) is 0 Å². The van der Waals surface area contributed by atoms with E-state index in [-0.39, 0.29) is 5.82 Å². The number of hydrogen-bond donors (Lipinski definition) is 1. The Morgan fingerprint density at radius 2 is 2.00 bits per heavy atom. The first-order valence-electron chi connectivity index (χ1n) is 4.96. The van der Waals surface area contributed by atoms with E-state index in [0.717, 1.165) is 25.4 Å². The molecule has 9 heteroatoms. The van der Waals surface area contributed by atoms with Crippen molar-refractivity contribution >= 4 is 5.69 Å². The smallest absolute Gasteiger partial charge is 0.435 e. The molecule has 0 bridgehead atoms. The largest absolute Gasteiger partial charge is 0.479 e. The fraction of sp³-hybridized carbons (Fsp3) is 0.200. The van der Waals surface area contributed by atoms with Gasteiger partial charge in [-0.1, -0.05) is 0 Å². The van der Waals surface area contributed by atoms with Crippen LogP contribution in [0.4, 0.5) is 23.2 Å². The Morgan fingerprint density at radius 1 is 1.32 bits per heavy atom. The van der Waals surface area contributed by atoms with Crippen LogP contribution in [-0.2, 0) is 6.18 Å². The van der Waals surface area contributed by atoms with Crippen molar-refractivity contribution in [3.63, 3.8) is 0 Å². The highest BCUT2D eigenvalue weighted by Crippen LogP contribution is 2.34. The van der Waals surface area contributed by atoms with E-state index >= 15 is 0 Å². The highest BCUT2D eigenvalue weighted by Gasteiger charge is 2.38. The van der Waals surface area contributed by atoms with Gasteiger partial charge in [-0.15, -0.1) is 0 Å². The third-order valence-corrected chi connectivity index (χ3v) is 2.28. The summed E-state index contributed by atoms with van der Waals surface area (Å²) >= 11 is 0. The Labute approximate surface area is 104 Å². The molecule has 0 amide bonds. The SMILES string of the molecule is COc1nc(-n2ncc(N)c2C(F)(F)F)ccc1F. The monoisotopic (exact) mass is 276 g/mol. The molecule has 0 aliphatic heterocycles. The molecule has 0 saturated heterocycles. The number of pyridine rings is 1. The highest BCUT2D eigenvalue weighted by atomic mass is 19.4. The first-order chi connectivity index (χ1) is 8.84. The van der Waals surface area contributed by atoms with Gasteiger partial charge in [-0.3, -0.25) is 0 Å². The molecule has 0 spiro atoms. The quantitative estimate of drug-likeness (QED) is 0.852. The summed E-state index contributed by atoms with van der Waals surface area (Å²) in [5.41, 5.74) is 3.51. The predicted octanol–water partition coefficient (Wildman–Crippen LogP) is 2.02. The summed E-state index contributed by atoms with van der Waals surface area (Å²) < 4.78 is 56.7. The van der Waals surface area contributed by atoms with Crippen molar-refractivity contribution in [3.8, 4) is 11.7 Å². The molecule has 2 aromatic heterocycles. The van der Waals surface area contributed by atoms with E-state index in [0.29, 0.717) is 4.68 Å². The van der Waals surface area contributed by atoms with E-state index < -0.39 is 29.3 Å². The fourth-order valence-corrected chi connectivity index (χ4v) is 1.49. The number of rotatable bonds is 2. The number of anilines is 1. The van der Waals surface area contributed by atoms with Crippen LogP contribution in [0.5, 0.6) is 5.88 Å². The lowest BCUT2D eigenvalue weighted by atomic mass is 10.3. The summed E-state index contributed by atoms with van der Waals surface area (Å²) in [6.07, 6.45) is -3.86. The van der Waals surface area contributed by atoms with Gasteiger partial charge in [0, 0.05) is 0 Å². The highest BCUT2D eigenvalue weighted by molar-refractivity contribution is 5.46. The maximum absolute atomic E-state index is 13.2. The zero-order valence-electron chi connectivity index (χ0n) is 9.57.